The summed E-state index contributed by atoms with van der Waals surface area (Å²) in [6, 6.07) is 21.1. The molecule has 7 aromatic rings. The normalized spacial score (nSPS) is 16.6. The second-order valence-electron chi connectivity index (χ2n) is 25.2. The lowest BCUT2D eigenvalue weighted by Gasteiger charge is -2.28. The highest BCUT2D eigenvalue weighted by Crippen LogP contribution is 2.42. The van der Waals surface area contributed by atoms with Crippen molar-refractivity contribution < 1.29 is 55.1 Å². The second kappa shape index (κ2) is 33.2. The van der Waals surface area contributed by atoms with E-state index in [1.165, 1.54) is 65.3 Å². The van der Waals surface area contributed by atoms with Gasteiger partial charge in [-0.15, -0.1) is 22.7 Å². The molecule has 0 atom stereocenters. The molecule has 0 unspecified atom stereocenters. The van der Waals surface area contributed by atoms with Crippen LogP contribution in [0.2, 0.25) is 0 Å². The Labute approximate surface area is 562 Å². The zero-order valence-electron chi connectivity index (χ0n) is 54.6. The molecule has 4 aromatic heterocycles. The summed E-state index contributed by atoms with van der Waals surface area (Å²) in [6.07, 6.45) is 14.4. The third-order valence-electron chi connectivity index (χ3n) is 14.2. The molecule has 5 amide bonds. The first-order valence-electron chi connectivity index (χ1n) is 30.8. The zero-order valence-corrected chi connectivity index (χ0v) is 57.9. The third kappa shape index (κ3) is 23.4. The second-order valence-corrected chi connectivity index (χ2v) is 30.6. The first kappa shape index (κ1) is 73.9. The summed E-state index contributed by atoms with van der Waals surface area (Å²) in [5, 5.41) is 26.5. The number of carbonyl (C=O) groups excluding carboxylic acids is 4. The number of non-ortho nitro benzene ring substituents is 1. The Kier molecular flexibility index (Phi) is 25.8. The van der Waals surface area contributed by atoms with Gasteiger partial charge in [0.05, 0.1) is 58.6 Å². The van der Waals surface area contributed by atoms with Gasteiger partial charge in [-0.25, -0.2) is 55.4 Å². The van der Waals surface area contributed by atoms with Crippen LogP contribution in [0.15, 0.2) is 132 Å². The Morgan fingerprint density at radius 2 is 1.04 bits per heavy atom. The average Bonchev–Trinajstić information content (AvgIpc) is 1.77. The van der Waals surface area contributed by atoms with Crippen LogP contribution in [0, 0.1) is 10.1 Å². The predicted octanol–water partition coefficient (Wildman–Crippen LogP) is 13.2. The Balaban J connectivity index is 0.000000240. The largest absolute Gasteiger partial charge is 0.447 e. The first-order chi connectivity index (χ1) is 44.8. The fourth-order valence-corrected chi connectivity index (χ4v) is 15.8. The maximum atomic E-state index is 13.6. The SMILES string of the molecule is CC(C)OC(=O)NC1CCC(c2ncc(-c3ccc(NC(=O)Nc4cccnc4)cc3S(=O)(=O)NC(C)(C)C)s2)CC1.CC(C)OC(=O)NC1CCC(c2ncc(-c3ccc(NC(=O)Oc4ccc([N+](=O)[O-])cc4)cc3S(=O)(=O)NC(C)(C)C)s2)CC1.NCc1ccncc1. The highest BCUT2D eigenvalue weighted by atomic mass is 32.2. The molecular weight excluding hydrogens is 1300 g/mol. The lowest BCUT2D eigenvalue weighted by Crippen LogP contribution is -2.40. The van der Waals surface area contributed by atoms with Crippen LogP contribution < -0.4 is 46.5 Å². The maximum Gasteiger partial charge on any atom is 0.417 e. The topological polar surface area (TPSA) is 369 Å². The molecule has 26 nitrogen and oxygen atoms in total. The Hall–Kier alpha value is -8.52. The van der Waals surface area contributed by atoms with Gasteiger partial charge in [0, 0.05) is 107 Å². The molecule has 0 spiro atoms. The highest BCUT2D eigenvalue weighted by molar-refractivity contribution is 7.90. The minimum atomic E-state index is -4.05. The van der Waals surface area contributed by atoms with Crippen LogP contribution in [0.1, 0.15) is 148 Å². The molecule has 2 saturated carbocycles. The smallest absolute Gasteiger partial charge is 0.417 e. The third-order valence-corrected chi connectivity index (χ3v) is 20.1. The van der Waals surface area contributed by atoms with Crippen LogP contribution in [-0.4, -0.2) is 101 Å². The molecule has 9 rings (SSSR count). The number of nitro groups is 1. The van der Waals surface area contributed by atoms with Gasteiger partial charge in [-0.1, -0.05) is 12.1 Å². The number of nitrogens with one attached hydrogen (secondary N) is 7. The van der Waals surface area contributed by atoms with Gasteiger partial charge in [0.15, 0.2) is 0 Å². The number of hydrogen-bond acceptors (Lipinski definition) is 20. The average molecular weight is 1380 g/mol. The quantitative estimate of drug-likeness (QED) is 0.0292. The van der Waals surface area contributed by atoms with E-state index in [-0.39, 0.29) is 63.0 Å². The summed E-state index contributed by atoms with van der Waals surface area (Å²) in [6.45, 7) is 18.3. The van der Waals surface area contributed by atoms with Crippen LogP contribution in [0.3, 0.4) is 0 Å². The van der Waals surface area contributed by atoms with Crippen molar-refractivity contribution in [2.45, 2.75) is 184 Å². The number of nitrogens with two attached hydrogens (primary N) is 1. The molecule has 510 valence electrons. The molecule has 0 aliphatic heterocycles. The van der Waals surface area contributed by atoms with Crippen molar-refractivity contribution in [2.75, 3.05) is 16.0 Å². The van der Waals surface area contributed by atoms with E-state index in [0.29, 0.717) is 38.8 Å². The van der Waals surface area contributed by atoms with Crippen molar-refractivity contribution in [1.29, 1.82) is 0 Å². The number of carbonyl (C=O) groups is 4. The standard InChI is InChI=1S/C30H37N5O8S2.C29H38N6O5S2.C6H8N2/c1-18(2)42-28(36)32-20-8-6-19(7-9-20)27-31-17-25(44-27)24-15-10-21(16-26(24)45(40,41)34-30(3,4)5)33-29(37)43-23-13-11-22(12-14-23)35(38)39;1-18(2)40-28(37)34-20-10-8-19(9-11-20)26-31-17-24(41-26)23-13-12-21(15-25(23)42(38,39)35-29(3,4)5)32-27(36)33-22-7-6-14-30-16-22;7-5-6-1-3-8-4-2-6/h10-20,34H,6-9H2,1-5H3,(H,32,36)(H,33,37);6-7,12-20,35H,8-11H2,1-5H3,(H,34,37)(H2,32,33,36);1-4H,5,7H2. The molecule has 0 radical (unpaired) electrons. The first-order valence-corrected chi connectivity index (χ1v) is 35.4. The summed E-state index contributed by atoms with van der Waals surface area (Å²) in [4.78, 5) is 77.9. The van der Waals surface area contributed by atoms with Gasteiger partial charge in [-0.3, -0.25) is 25.4 Å². The van der Waals surface area contributed by atoms with Crippen molar-refractivity contribution in [1.82, 2.24) is 40.0 Å². The van der Waals surface area contributed by atoms with Crippen molar-refractivity contribution >= 4 is 89.8 Å². The van der Waals surface area contributed by atoms with Gasteiger partial charge in [0.2, 0.25) is 20.0 Å². The summed E-state index contributed by atoms with van der Waals surface area (Å²) in [7, 11) is -8.01. The zero-order chi connectivity index (χ0) is 69.3. The number of benzene rings is 3. The number of urea groups is 1. The summed E-state index contributed by atoms with van der Waals surface area (Å²) in [5.74, 6) is 0.466. The van der Waals surface area contributed by atoms with E-state index in [9.17, 15) is 46.1 Å². The number of hydrogen-bond donors (Lipinski definition) is 8. The Bertz CT molecular complexity index is 3960. The molecule has 30 heteroatoms. The molecule has 2 fully saturated rings. The van der Waals surface area contributed by atoms with E-state index in [2.05, 4.69) is 56.0 Å². The van der Waals surface area contributed by atoms with E-state index in [1.54, 1.807) is 123 Å². The van der Waals surface area contributed by atoms with Crippen molar-refractivity contribution in [2.24, 2.45) is 5.73 Å². The number of thiazole rings is 2. The number of aromatic nitrogens is 4. The van der Waals surface area contributed by atoms with Crippen LogP contribution in [0.5, 0.6) is 5.75 Å². The number of pyridine rings is 2. The maximum absolute atomic E-state index is 13.6. The number of nitrogens with zero attached hydrogens (tertiary/aromatic N) is 5. The summed E-state index contributed by atoms with van der Waals surface area (Å²) in [5.41, 5.74) is 6.73. The van der Waals surface area contributed by atoms with E-state index >= 15 is 0 Å². The minimum Gasteiger partial charge on any atom is -0.447 e. The van der Waals surface area contributed by atoms with Crippen molar-refractivity contribution in [3.05, 3.63) is 148 Å². The van der Waals surface area contributed by atoms with E-state index < -0.39 is 60.4 Å². The lowest BCUT2D eigenvalue weighted by molar-refractivity contribution is -0.384. The van der Waals surface area contributed by atoms with Crippen molar-refractivity contribution in [3.8, 4) is 26.6 Å². The van der Waals surface area contributed by atoms with Crippen LogP contribution in [0.25, 0.3) is 20.9 Å². The number of nitro benzene ring substituents is 1. The molecule has 3 aromatic carbocycles. The number of ether oxygens (including phenoxy) is 3. The van der Waals surface area contributed by atoms with Crippen LogP contribution >= 0.6 is 22.7 Å². The molecule has 2 aliphatic rings. The molecule has 4 heterocycles. The van der Waals surface area contributed by atoms with Gasteiger partial charge in [-0.05, 0) is 187 Å². The monoisotopic (exact) mass is 1380 g/mol. The van der Waals surface area contributed by atoms with Crippen molar-refractivity contribution in [3.63, 3.8) is 0 Å². The van der Waals surface area contributed by atoms with Gasteiger partial charge in [0.1, 0.15) is 5.75 Å². The van der Waals surface area contributed by atoms with Gasteiger partial charge >= 0.3 is 24.3 Å². The number of sulfonamides is 2. The lowest BCUT2D eigenvalue weighted by atomic mass is 9.86. The Morgan fingerprint density at radius 1 is 0.589 bits per heavy atom. The molecular formula is C65H83N13O13S4. The fraction of sp³-hybridized carbons (Fsp3) is 0.415. The van der Waals surface area contributed by atoms with E-state index in [1.807, 2.05) is 26.0 Å². The van der Waals surface area contributed by atoms with E-state index in [4.69, 9.17) is 19.9 Å². The van der Waals surface area contributed by atoms with Gasteiger partial charge in [0.25, 0.3) is 5.69 Å². The Morgan fingerprint density at radius 3 is 1.44 bits per heavy atom. The summed E-state index contributed by atoms with van der Waals surface area (Å²) < 4.78 is 75.3. The number of alkyl carbamates (subject to hydrolysis) is 2. The van der Waals surface area contributed by atoms with Crippen LogP contribution in [0.4, 0.5) is 41.9 Å². The number of rotatable bonds is 18. The molecule has 95 heavy (non-hydrogen) atoms. The van der Waals surface area contributed by atoms with E-state index in [0.717, 1.165) is 66.9 Å². The molecule has 0 saturated heterocycles. The fourth-order valence-electron chi connectivity index (χ4n) is 10.1. The summed E-state index contributed by atoms with van der Waals surface area (Å²) >= 11 is 2.88. The number of anilines is 3. The molecule has 2 aliphatic carbocycles. The van der Waals surface area contributed by atoms with Gasteiger partial charge in [-0.2, -0.15) is 0 Å². The van der Waals surface area contributed by atoms with Crippen LogP contribution in [-0.2, 0) is 36.1 Å². The van der Waals surface area contributed by atoms with Gasteiger partial charge < -0.3 is 41.2 Å². The molecule has 0 bridgehead atoms. The minimum absolute atomic E-state index is 0.0271. The number of amides is 5. The molecule has 9 N–H and O–H groups in total. The predicted molar refractivity (Wildman–Crippen MR) is 366 cm³/mol. The highest BCUT2D eigenvalue weighted by Gasteiger charge is 2.32.